The van der Waals surface area contributed by atoms with E-state index in [1.807, 2.05) is 0 Å². The number of hydrogen-bond acceptors (Lipinski definition) is 5. The first-order chi connectivity index (χ1) is 11.2. The van der Waals surface area contributed by atoms with Crippen molar-refractivity contribution >= 4 is 11.8 Å². The van der Waals surface area contributed by atoms with Gasteiger partial charge in [0.2, 0.25) is 0 Å². The van der Waals surface area contributed by atoms with Crippen LogP contribution in [-0.2, 0) is 13.1 Å². The summed E-state index contributed by atoms with van der Waals surface area (Å²) < 4.78 is 5.60. The van der Waals surface area contributed by atoms with Crippen molar-refractivity contribution < 1.29 is 14.0 Å². The molecule has 4 heterocycles. The largest absolute Gasteiger partial charge is 0.435 e. The van der Waals surface area contributed by atoms with Crippen molar-refractivity contribution in [2.45, 2.75) is 25.9 Å². The summed E-state index contributed by atoms with van der Waals surface area (Å²) in [7, 11) is 0. The zero-order valence-electron chi connectivity index (χ0n) is 12.6. The van der Waals surface area contributed by atoms with Crippen LogP contribution in [0, 0.1) is 0 Å². The maximum Gasteiger partial charge on any atom is 0.309 e. The van der Waals surface area contributed by atoms with Gasteiger partial charge in [0, 0.05) is 25.5 Å². The monoisotopic (exact) mass is 312 g/mol. The highest BCUT2D eigenvalue weighted by molar-refractivity contribution is 5.94. The Labute approximate surface area is 132 Å². The molecule has 0 unspecified atom stereocenters. The second-order valence-corrected chi connectivity index (χ2v) is 5.79. The Balaban J connectivity index is 1.48. The second kappa shape index (κ2) is 5.49. The van der Waals surface area contributed by atoms with Crippen LogP contribution in [0.25, 0.3) is 0 Å². The molecule has 2 aliphatic rings. The van der Waals surface area contributed by atoms with Gasteiger partial charge in [-0.2, -0.15) is 0 Å². The van der Waals surface area contributed by atoms with Gasteiger partial charge in [-0.3, -0.25) is 14.6 Å². The molecule has 4 rings (SSSR count). The standard InChI is InChI=1S/C16H16N4O3/c21-15(11-4-3-5-17-8-11)20-9-12-13(10-20)23-14(18-12)16(22)19-6-1-2-7-19/h3-5,8H,1-2,6-7,9-10H2. The molecular weight excluding hydrogens is 296 g/mol. The van der Waals surface area contributed by atoms with Gasteiger partial charge in [0.05, 0.1) is 18.7 Å². The molecule has 7 nitrogen and oxygen atoms in total. The van der Waals surface area contributed by atoms with Gasteiger partial charge in [-0.15, -0.1) is 0 Å². The van der Waals surface area contributed by atoms with Crippen LogP contribution in [0.4, 0.5) is 0 Å². The number of carbonyl (C=O) groups is 2. The minimum Gasteiger partial charge on any atom is -0.435 e. The van der Waals surface area contributed by atoms with Crippen LogP contribution in [0.3, 0.4) is 0 Å². The van der Waals surface area contributed by atoms with E-state index in [1.54, 1.807) is 28.1 Å². The van der Waals surface area contributed by atoms with Crippen LogP contribution >= 0.6 is 0 Å². The summed E-state index contributed by atoms with van der Waals surface area (Å²) >= 11 is 0. The number of aromatic nitrogens is 2. The normalized spacial score (nSPS) is 16.7. The maximum absolute atomic E-state index is 12.4. The molecule has 0 aromatic carbocycles. The van der Waals surface area contributed by atoms with E-state index < -0.39 is 0 Å². The van der Waals surface area contributed by atoms with Crippen molar-refractivity contribution in [1.82, 2.24) is 19.8 Å². The number of likely N-dealkylation sites (tertiary alicyclic amines) is 1. The van der Waals surface area contributed by atoms with Gasteiger partial charge < -0.3 is 14.2 Å². The fraction of sp³-hybridized carbons (Fsp3) is 0.375. The molecular formula is C16H16N4O3. The number of carbonyl (C=O) groups excluding carboxylic acids is 2. The summed E-state index contributed by atoms with van der Waals surface area (Å²) in [5.74, 6) is 0.482. The molecule has 2 aliphatic heterocycles. The van der Waals surface area contributed by atoms with Gasteiger partial charge >= 0.3 is 5.91 Å². The Hall–Kier alpha value is -2.70. The molecule has 0 saturated carbocycles. The summed E-state index contributed by atoms with van der Waals surface area (Å²) in [6.07, 6.45) is 5.22. The SMILES string of the molecule is O=C(c1cccnc1)N1Cc2nc(C(=O)N3CCCC3)oc2C1. The van der Waals surface area contributed by atoms with Gasteiger partial charge in [0.1, 0.15) is 11.5 Å². The third-order valence-electron chi connectivity index (χ3n) is 4.23. The van der Waals surface area contributed by atoms with Crippen molar-refractivity contribution in [3.05, 3.63) is 47.4 Å². The lowest BCUT2D eigenvalue weighted by molar-refractivity contribution is 0.0727. The number of amides is 2. The minimum atomic E-state index is -0.151. The second-order valence-electron chi connectivity index (χ2n) is 5.79. The Morgan fingerprint density at radius 2 is 1.91 bits per heavy atom. The maximum atomic E-state index is 12.4. The first kappa shape index (κ1) is 13.9. The third kappa shape index (κ3) is 2.48. The lowest BCUT2D eigenvalue weighted by Gasteiger charge is -2.15. The molecule has 2 aromatic heterocycles. The highest BCUT2D eigenvalue weighted by Crippen LogP contribution is 2.26. The van der Waals surface area contributed by atoms with E-state index in [-0.39, 0.29) is 17.7 Å². The predicted molar refractivity (Wildman–Crippen MR) is 79.5 cm³/mol. The van der Waals surface area contributed by atoms with E-state index in [2.05, 4.69) is 9.97 Å². The molecule has 0 atom stereocenters. The molecule has 2 aromatic rings. The van der Waals surface area contributed by atoms with Crippen LogP contribution in [-0.4, -0.2) is 44.7 Å². The van der Waals surface area contributed by atoms with Crippen LogP contribution in [0.15, 0.2) is 28.9 Å². The van der Waals surface area contributed by atoms with E-state index in [0.717, 1.165) is 25.9 Å². The van der Waals surface area contributed by atoms with Crippen molar-refractivity contribution in [3.63, 3.8) is 0 Å². The average Bonchev–Trinajstić information content (AvgIpc) is 3.29. The lowest BCUT2D eigenvalue weighted by Crippen LogP contribution is -2.28. The molecule has 1 saturated heterocycles. The lowest BCUT2D eigenvalue weighted by atomic mass is 10.2. The van der Waals surface area contributed by atoms with Gasteiger partial charge in [0.25, 0.3) is 11.8 Å². The molecule has 2 amide bonds. The number of rotatable bonds is 2. The summed E-state index contributed by atoms with van der Waals surface area (Å²) in [5.41, 5.74) is 1.20. The fourth-order valence-electron chi connectivity index (χ4n) is 3.00. The van der Waals surface area contributed by atoms with Gasteiger partial charge in [-0.1, -0.05) is 0 Å². The molecule has 0 N–H and O–H groups in total. The van der Waals surface area contributed by atoms with Crippen molar-refractivity contribution in [1.29, 1.82) is 0 Å². The molecule has 1 fully saturated rings. The molecule has 0 bridgehead atoms. The molecule has 0 radical (unpaired) electrons. The van der Waals surface area contributed by atoms with E-state index in [9.17, 15) is 9.59 Å². The highest BCUT2D eigenvalue weighted by atomic mass is 16.4. The number of oxazole rings is 1. The summed E-state index contributed by atoms with van der Waals surface area (Å²) in [6, 6.07) is 3.46. The quantitative estimate of drug-likeness (QED) is 0.839. The van der Waals surface area contributed by atoms with E-state index in [4.69, 9.17) is 4.42 Å². The van der Waals surface area contributed by atoms with Crippen LogP contribution in [0.2, 0.25) is 0 Å². The Morgan fingerprint density at radius 1 is 1.09 bits per heavy atom. The number of nitrogens with zero attached hydrogens (tertiary/aromatic N) is 4. The van der Waals surface area contributed by atoms with Gasteiger partial charge in [-0.05, 0) is 25.0 Å². The topological polar surface area (TPSA) is 79.5 Å². The van der Waals surface area contributed by atoms with Crippen LogP contribution < -0.4 is 0 Å². The zero-order chi connectivity index (χ0) is 15.8. The number of fused-ring (bicyclic) bond motifs is 1. The first-order valence-electron chi connectivity index (χ1n) is 7.69. The summed E-state index contributed by atoms with van der Waals surface area (Å²) in [4.78, 5) is 36.3. The predicted octanol–water partition coefficient (Wildman–Crippen LogP) is 1.46. The number of pyridine rings is 1. The highest BCUT2D eigenvalue weighted by Gasteiger charge is 2.32. The Bertz CT molecular complexity index is 726. The van der Waals surface area contributed by atoms with Crippen LogP contribution in [0.1, 0.15) is 45.3 Å². The Morgan fingerprint density at radius 3 is 2.61 bits per heavy atom. The van der Waals surface area contributed by atoms with Gasteiger partial charge in [0.15, 0.2) is 0 Å². The van der Waals surface area contributed by atoms with Crippen LogP contribution in [0.5, 0.6) is 0 Å². The minimum absolute atomic E-state index is 0.112. The molecule has 23 heavy (non-hydrogen) atoms. The van der Waals surface area contributed by atoms with Crippen molar-refractivity contribution in [2.75, 3.05) is 13.1 Å². The first-order valence-corrected chi connectivity index (χ1v) is 7.69. The average molecular weight is 312 g/mol. The number of hydrogen-bond donors (Lipinski definition) is 0. The van der Waals surface area contributed by atoms with Crippen molar-refractivity contribution in [2.24, 2.45) is 0 Å². The molecule has 0 aliphatic carbocycles. The van der Waals surface area contributed by atoms with E-state index in [0.29, 0.717) is 30.1 Å². The van der Waals surface area contributed by atoms with Crippen molar-refractivity contribution in [3.8, 4) is 0 Å². The molecule has 0 spiro atoms. The summed E-state index contributed by atoms with van der Waals surface area (Å²) in [6.45, 7) is 2.22. The van der Waals surface area contributed by atoms with E-state index >= 15 is 0 Å². The zero-order valence-corrected chi connectivity index (χ0v) is 12.6. The fourth-order valence-corrected chi connectivity index (χ4v) is 3.00. The smallest absolute Gasteiger partial charge is 0.309 e. The Kier molecular flexibility index (Phi) is 3.33. The van der Waals surface area contributed by atoms with Gasteiger partial charge in [-0.25, -0.2) is 4.98 Å². The third-order valence-corrected chi connectivity index (χ3v) is 4.23. The summed E-state index contributed by atoms with van der Waals surface area (Å²) in [5, 5.41) is 0. The molecule has 7 heteroatoms. The van der Waals surface area contributed by atoms with E-state index in [1.165, 1.54) is 6.20 Å². The molecule has 118 valence electrons.